The molecule has 0 bridgehead atoms. The summed E-state index contributed by atoms with van der Waals surface area (Å²) in [5, 5.41) is 11.0. The van der Waals surface area contributed by atoms with Gasteiger partial charge in [0.2, 0.25) is 0 Å². The molecule has 0 aliphatic rings. The van der Waals surface area contributed by atoms with Gasteiger partial charge in [-0.25, -0.2) is 8.42 Å². The minimum absolute atomic E-state index is 0.180. The predicted molar refractivity (Wildman–Crippen MR) is 107 cm³/mol. The molecule has 0 heterocycles. The summed E-state index contributed by atoms with van der Waals surface area (Å²) in [6, 6.07) is 17.1. The minimum atomic E-state index is -4.00. The van der Waals surface area contributed by atoms with Crippen LogP contribution in [0.25, 0.3) is 11.1 Å². The third-order valence-electron chi connectivity index (χ3n) is 4.23. The molecule has 1 N–H and O–H groups in total. The van der Waals surface area contributed by atoms with E-state index in [2.05, 4.69) is 4.72 Å². The summed E-state index contributed by atoms with van der Waals surface area (Å²) in [6.45, 7) is 0. The molecule has 3 rings (SSSR count). The molecule has 0 saturated heterocycles. The van der Waals surface area contributed by atoms with E-state index >= 15 is 0 Å². The molecule has 29 heavy (non-hydrogen) atoms. The maximum Gasteiger partial charge on any atom is 0.261 e. The Bertz CT molecular complexity index is 1140. The van der Waals surface area contributed by atoms with Gasteiger partial charge in [0.15, 0.2) is 0 Å². The zero-order valence-electron chi connectivity index (χ0n) is 15.7. The maximum atomic E-state index is 12.7. The number of methoxy groups -OCH3 is 2. The Morgan fingerprint density at radius 3 is 2.28 bits per heavy atom. The number of carboxylic acids is 1. The van der Waals surface area contributed by atoms with Gasteiger partial charge in [-0.05, 0) is 53.6 Å². The Hall–Kier alpha value is -3.52. The topological polar surface area (TPSA) is 105 Å². The van der Waals surface area contributed by atoms with E-state index in [1.165, 1.54) is 25.3 Å². The number of nitrogens with one attached hydrogen (secondary N) is 1. The molecule has 0 saturated carbocycles. The smallest absolute Gasteiger partial charge is 0.261 e. The van der Waals surface area contributed by atoms with Crippen molar-refractivity contribution >= 4 is 21.7 Å². The van der Waals surface area contributed by atoms with Crippen LogP contribution in [0.5, 0.6) is 11.5 Å². The van der Waals surface area contributed by atoms with Crippen LogP contribution in [0.4, 0.5) is 5.69 Å². The lowest BCUT2D eigenvalue weighted by Gasteiger charge is -2.14. The summed E-state index contributed by atoms with van der Waals surface area (Å²) in [7, 11) is -0.905. The predicted octanol–water partition coefficient (Wildman–Crippen LogP) is 2.54. The normalized spacial score (nSPS) is 11.0. The van der Waals surface area contributed by atoms with Crippen LogP contribution in [0, 0.1) is 0 Å². The number of benzene rings is 3. The molecule has 0 aliphatic heterocycles. The second-order valence-corrected chi connectivity index (χ2v) is 7.75. The molecule has 0 unspecified atom stereocenters. The van der Waals surface area contributed by atoms with Gasteiger partial charge in [0.25, 0.3) is 10.0 Å². The van der Waals surface area contributed by atoms with Crippen LogP contribution < -0.4 is 19.3 Å². The molecule has 3 aromatic rings. The summed E-state index contributed by atoms with van der Waals surface area (Å²) in [5.41, 5.74) is 1.57. The fraction of sp³-hybridized carbons (Fsp3) is 0.0952. The van der Waals surface area contributed by atoms with Crippen LogP contribution in [0.3, 0.4) is 0 Å². The van der Waals surface area contributed by atoms with E-state index in [-0.39, 0.29) is 10.5 Å². The second-order valence-electron chi connectivity index (χ2n) is 6.06. The monoisotopic (exact) mass is 412 g/mol. The lowest BCUT2D eigenvalue weighted by molar-refractivity contribution is -0.255. The lowest BCUT2D eigenvalue weighted by Crippen LogP contribution is -2.23. The van der Waals surface area contributed by atoms with Crippen LogP contribution in [-0.2, 0) is 10.0 Å². The molecule has 0 fully saturated rings. The largest absolute Gasteiger partial charge is 0.545 e. The standard InChI is InChI=1S/C21H19NO6S/c1-27-17-9-6-14(7-10-17)19-13-16(8-11-20(19)28-2)22-29(25,26)18-5-3-4-15(12-18)21(23)24/h3-13,22H,1-2H3,(H,23,24)/p-1. The summed E-state index contributed by atoms with van der Waals surface area (Å²) in [6.07, 6.45) is 0. The molecule has 0 aromatic heterocycles. The Kier molecular flexibility index (Phi) is 5.74. The van der Waals surface area contributed by atoms with E-state index < -0.39 is 16.0 Å². The fourth-order valence-electron chi connectivity index (χ4n) is 2.77. The van der Waals surface area contributed by atoms with Crippen LogP contribution in [0.2, 0.25) is 0 Å². The summed E-state index contributed by atoms with van der Waals surface area (Å²) in [4.78, 5) is 10.8. The zero-order chi connectivity index (χ0) is 21.0. The highest BCUT2D eigenvalue weighted by atomic mass is 32.2. The first kappa shape index (κ1) is 20.2. The summed E-state index contributed by atoms with van der Waals surface area (Å²) in [5.74, 6) is -0.192. The average Bonchev–Trinajstić information content (AvgIpc) is 2.73. The lowest BCUT2D eigenvalue weighted by atomic mass is 10.0. The third kappa shape index (κ3) is 4.49. The molecule has 8 heteroatoms. The molecule has 0 amide bonds. The Balaban J connectivity index is 1.97. The number of ether oxygens (including phenoxy) is 2. The van der Waals surface area contributed by atoms with E-state index in [0.29, 0.717) is 22.7 Å². The van der Waals surface area contributed by atoms with Gasteiger partial charge < -0.3 is 19.4 Å². The Morgan fingerprint density at radius 1 is 0.931 bits per heavy atom. The summed E-state index contributed by atoms with van der Waals surface area (Å²) < 4.78 is 38.4. The van der Waals surface area contributed by atoms with Crippen LogP contribution in [0.15, 0.2) is 71.6 Å². The van der Waals surface area contributed by atoms with Gasteiger partial charge in [0.1, 0.15) is 11.5 Å². The van der Waals surface area contributed by atoms with Gasteiger partial charge in [-0.2, -0.15) is 0 Å². The molecular weight excluding hydrogens is 394 g/mol. The Morgan fingerprint density at radius 2 is 1.66 bits per heavy atom. The number of aromatic carboxylic acids is 1. The van der Waals surface area contributed by atoms with E-state index in [1.807, 2.05) is 12.1 Å². The third-order valence-corrected chi connectivity index (χ3v) is 5.61. The van der Waals surface area contributed by atoms with Gasteiger partial charge in [-0.1, -0.05) is 24.3 Å². The van der Waals surface area contributed by atoms with E-state index in [1.54, 1.807) is 37.4 Å². The maximum absolute atomic E-state index is 12.7. The highest BCUT2D eigenvalue weighted by molar-refractivity contribution is 7.92. The van der Waals surface area contributed by atoms with Crippen molar-refractivity contribution in [3.05, 3.63) is 72.3 Å². The van der Waals surface area contributed by atoms with Crippen molar-refractivity contribution in [3.63, 3.8) is 0 Å². The molecule has 0 spiro atoms. The van der Waals surface area contributed by atoms with Crippen molar-refractivity contribution < 1.29 is 27.8 Å². The quantitative estimate of drug-likeness (QED) is 0.639. The first-order valence-corrected chi connectivity index (χ1v) is 9.99. The number of carbonyl (C=O) groups is 1. The Labute approximate surface area is 168 Å². The van der Waals surface area contributed by atoms with Gasteiger partial charge in [0.05, 0.1) is 25.1 Å². The molecule has 0 radical (unpaired) electrons. The average molecular weight is 412 g/mol. The molecule has 7 nitrogen and oxygen atoms in total. The molecular formula is C21H18NO6S-. The highest BCUT2D eigenvalue weighted by Crippen LogP contribution is 2.34. The van der Waals surface area contributed by atoms with Crippen molar-refractivity contribution in [3.8, 4) is 22.6 Å². The molecule has 3 aromatic carbocycles. The number of hydrogen-bond acceptors (Lipinski definition) is 6. The van der Waals surface area contributed by atoms with Crippen molar-refractivity contribution in [1.82, 2.24) is 0 Å². The first-order valence-electron chi connectivity index (χ1n) is 8.51. The van der Waals surface area contributed by atoms with Crippen molar-refractivity contribution in [1.29, 1.82) is 0 Å². The number of sulfonamides is 1. The van der Waals surface area contributed by atoms with E-state index in [0.717, 1.165) is 11.6 Å². The SMILES string of the molecule is COc1ccc(-c2cc(NS(=O)(=O)c3cccc(C(=O)[O-])c3)ccc2OC)cc1. The molecule has 0 aliphatic carbocycles. The van der Waals surface area contributed by atoms with Gasteiger partial charge >= 0.3 is 0 Å². The number of hydrogen-bond donors (Lipinski definition) is 1. The van der Waals surface area contributed by atoms with Crippen molar-refractivity contribution in [2.24, 2.45) is 0 Å². The van der Waals surface area contributed by atoms with E-state index in [4.69, 9.17) is 9.47 Å². The van der Waals surface area contributed by atoms with Crippen molar-refractivity contribution in [2.75, 3.05) is 18.9 Å². The number of rotatable bonds is 7. The molecule has 0 atom stereocenters. The van der Waals surface area contributed by atoms with Gasteiger partial charge in [-0.15, -0.1) is 0 Å². The number of anilines is 1. The van der Waals surface area contributed by atoms with Crippen LogP contribution in [0.1, 0.15) is 10.4 Å². The van der Waals surface area contributed by atoms with Crippen molar-refractivity contribution in [2.45, 2.75) is 4.90 Å². The van der Waals surface area contributed by atoms with Gasteiger partial charge in [0, 0.05) is 11.3 Å². The fourth-order valence-corrected chi connectivity index (χ4v) is 3.87. The molecule has 150 valence electrons. The number of carbonyl (C=O) groups excluding carboxylic acids is 1. The highest BCUT2D eigenvalue weighted by Gasteiger charge is 2.16. The van der Waals surface area contributed by atoms with E-state index in [9.17, 15) is 18.3 Å². The second kappa shape index (κ2) is 8.24. The van der Waals surface area contributed by atoms with Gasteiger partial charge in [-0.3, -0.25) is 4.72 Å². The zero-order valence-corrected chi connectivity index (χ0v) is 16.5. The van der Waals surface area contributed by atoms with Crippen LogP contribution in [-0.4, -0.2) is 28.6 Å². The number of carboxylic acid groups (broad SMARTS) is 1. The summed E-state index contributed by atoms with van der Waals surface area (Å²) >= 11 is 0. The first-order chi connectivity index (χ1) is 13.8. The van der Waals surface area contributed by atoms with Crippen LogP contribution >= 0.6 is 0 Å². The minimum Gasteiger partial charge on any atom is -0.545 e.